The second kappa shape index (κ2) is 5.89. The molecule has 0 aromatic heterocycles. The monoisotopic (exact) mass is 242 g/mol. The van der Waals surface area contributed by atoms with Crippen molar-refractivity contribution in [1.82, 2.24) is 10.2 Å². The standard InChI is InChI=1S/C12H22N2O3/c1-4-5-10(11(15)16)13-12(17)14(3)8(2)9-6-7-9/h8-10H,4-7H2,1-3H3,(H,13,17)(H,15,16)/t8?,10-/m1/s1. The van der Waals surface area contributed by atoms with E-state index in [1.807, 2.05) is 13.8 Å². The Kier molecular flexibility index (Phi) is 4.78. The summed E-state index contributed by atoms with van der Waals surface area (Å²) in [6.45, 7) is 3.91. The van der Waals surface area contributed by atoms with Crippen LogP contribution in [0.4, 0.5) is 4.79 Å². The Hall–Kier alpha value is -1.26. The van der Waals surface area contributed by atoms with Gasteiger partial charge in [0.15, 0.2) is 0 Å². The summed E-state index contributed by atoms with van der Waals surface area (Å²) in [5.41, 5.74) is 0. The Bertz CT molecular complexity index is 289. The smallest absolute Gasteiger partial charge is 0.326 e. The summed E-state index contributed by atoms with van der Waals surface area (Å²) in [6.07, 6.45) is 3.53. The van der Waals surface area contributed by atoms with Gasteiger partial charge in [-0.15, -0.1) is 0 Å². The first-order valence-electron chi connectivity index (χ1n) is 6.23. The number of rotatable bonds is 6. The number of nitrogens with one attached hydrogen (secondary N) is 1. The molecule has 2 N–H and O–H groups in total. The topological polar surface area (TPSA) is 69.6 Å². The van der Waals surface area contributed by atoms with Crippen molar-refractivity contribution in [2.75, 3.05) is 7.05 Å². The highest BCUT2D eigenvalue weighted by Crippen LogP contribution is 2.34. The van der Waals surface area contributed by atoms with Crippen molar-refractivity contribution in [2.24, 2.45) is 5.92 Å². The van der Waals surface area contributed by atoms with Crippen LogP contribution < -0.4 is 5.32 Å². The Morgan fingerprint density at radius 1 is 1.47 bits per heavy atom. The van der Waals surface area contributed by atoms with Gasteiger partial charge in [-0.2, -0.15) is 0 Å². The van der Waals surface area contributed by atoms with Gasteiger partial charge >= 0.3 is 12.0 Å². The maximum absolute atomic E-state index is 11.9. The van der Waals surface area contributed by atoms with Crippen molar-refractivity contribution in [3.05, 3.63) is 0 Å². The number of hydrogen-bond donors (Lipinski definition) is 2. The van der Waals surface area contributed by atoms with E-state index >= 15 is 0 Å². The fourth-order valence-corrected chi connectivity index (χ4v) is 1.88. The van der Waals surface area contributed by atoms with E-state index in [1.54, 1.807) is 11.9 Å². The number of amides is 2. The molecule has 1 rings (SSSR count). The molecule has 2 amide bonds. The molecule has 0 aliphatic heterocycles. The summed E-state index contributed by atoms with van der Waals surface area (Å²) in [6, 6.07) is -0.877. The summed E-state index contributed by atoms with van der Waals surface area (Å²) >= 11 is 0. The first-order chi connectivity index (χ1) is 7.97. The Labute approximate surface area is 102 Å². The van der Waals surface area contributed by atoms with E-state index in [0.717, 1.165) is 19.3 Å². The Balaban J connectivity index is 2.47. The van der Waals surface area contributed by atoms with Crippen molar-refractivity contribution in [2.45, 2.75) is 51.6 Å². The van der Waals surface area contributed by atoms with Gasteiger partial charge in [0, 0.05) is 13.1 Å². The van der Waals surface area contributed by atoms with Crippen LogP contribution >= 0.6 is 0 Å². The van der Waals surface area contributed by atoms with Crippen molar-refractivity contribution in [3.8, 4) is 0 Å². The minimum Gasteiger partial charge on any atom is -0.480 e. The number of aliphatic carboxylic acids is 1. The second-order valence-corrected chi connectivity index (χ2v) is 4.82. The predicted octanol–water partition coefficient (Wildman–Crippen LogP) is 1.68. The average molecular weight is 242 g/mol. The molecule has 0 radical (unpaired) electrons. The molecule has 1 saturated carbocycles. The van der Waals surface area contributed by atoms with Crippen LogP contribution in [-0.2, 0) is 4.79 Å². The third-order valence-corrected chi connectivity index (χ3v) is 3.41. The molecule has 0 aromatic carbocycles. The zero-order chi connectivity index (χ0) is 13.0. The zero-order valence-electron chi connectivity index (χ0n) is 10.8. The van der Waals surface area contributed by atoms with E-state index in [1.165, 1.54) is 0 Å². The number of hydrogen-bond acceptors (Lipinski definition) is 2. The number of carboxylic acid groups (broad SMARTS) is 1. The van der Waals surface area contributed by atoms with Gasteiger partial charge < -0.3 is 15.3 Å². The van der Waals surface area contributed by atoms with Crippen LogP contribution in [0.25, 0.3) is 0 Å². The van der Waals surface area contributed by atoms with Crippen molar-refractivity contribution >= 4 is 12.0 Å². The summed E-state index contributed by atoms with van der Waals surface area (Å²) < 4.78 is 0. The molecular weight excluding hydrogens is 220 g/mol. The number of urea groups is 1. The largest absolute Gasteiger partial charge is 0.480 e. The van der Waals surface area contributed by atoms with Crippen LogP contribution in [0.3, 0.4) is 0 Å². The third kappa shape index (κ3) is 3.91. The van der Waals surface area contributed by atoms with Gasteiger partial charge in [-0.3, -0.25) is 0 Å². The molecule has 98 valence electrons. The van der Waals surface area contributed by atoms with E-state index in [2.05, 4.69) is 5.32 Å². The van der Waals surface area contributed by atoms with Crippen LogP contribution in [0.15, 0.2) is 0 Å². The van der Waals surface area contributed by atoms with Crippen LogP contribution in [0.1, 0.15) is 39.5 Å². The van der Waals surface area contributed by atoms with Gasteiger partial charge in [0.1, 0.15) is 6.04 Å². The molecule has 0 saturated heterocycles. The molecular formula is C12H22N2O3. The second-order valence-electron chi connectivity index (χ2n) is 4.82. The van der Waals surface area contributed by atoms with E-state index in [9.17, 15) is 9.59 Å². The number of carbonyl (C=O) groups excluding carboxylic acids is 1. The molecule has 0 bridgehead atoms. The van der Waals surface area contributed by atoms with Gasteiger partial charge in [-0.1, -0.05) is 13.3 Å². The Morgan fingerprint density at radius 3 is 2.47 bits per heavy atom. The molecule has 1 unspecified atom stereocenters. The maximum Gasteiger partial charge on any atom is 0.326 e. The third-order valence-electron chi connectivity index (χ3n) is 3.41. The molecule has 2 atom stereocenters. The lowest BCUT2D eigenvalue weighted by molar-refractivity contribution is -0.139. The van der Waals surface area contributed by atoms with Gasteiger partial charge in [-0.25, -0.2) is 9.59 Å². The van der Waals surface area contributed by atoms with E-state index in [0.29, 0.717) is 12.3 Å². The molecule has 1 aliphatic rings. The molecule has 5 heteroatoms. The first kappa shape index (κ1) is 13.8. The molecule has 0 aromatic rings. The minimum absolute atomic E-state index is 0.186. The van der Waals surface area contributed by atoms with Gasteiger partial charge in [0.25, 0.3) is 0 Å². The highest BCUT2D eigenvalue weighted by Gasteiger charge is 2.33. The summed E-state index contributed by atoms with van der Waals surface area (Å²) in [7, 11) is 1.73. The van der Waals surface area contributed by atoms with Gasteiger partial charge in [0.2, 0.25) is 0 Å². The quantitative estimate of drug-likeness (QED) is 0.744. The molecule has 17 heavy (non-hydrogen) atoms. The van der Waals surface area contributed by atoms with E-state index < -0.39 is 12.0 Å². The minimum atomic E-state index is -0.965. The first-order valence-corrected chi connectivity index (χ1v) is 6.23. The Morgan fingerprint density at radius 2 is 2.06 bits per heavy atom. The zero-order valence-corrected chi connectivity index (χ0v) is 10.8. The summed E-state index contributed by atoms with van der Waals surface area (Å²) in [5, 5.41) is 11.5. The fraction of sp³-hybridized carbons (Fsp3) is 0.833. The summed E-state index contributed by atoms with van der Waals surface area (Å²) in [5.74, 6) is -0.382. The van der Waals surface area contributed by atoms with Gasteiger partial charge in [0.05, 0.1) is 0 Å². The fourth-order valence-electron chi connectivity index (χ4n) is 1.88. The maximum atomic E-state index is 11.9. The highest BCUT2D eigenvalue weighted by atomic mass is 16.4. The van der Waals surface area contributed by atoms with Crippen LogP contribution in [0, 0.1) is 5.92 Å². The molecule has 5 nitrogen and oxygen atoms in total. The van der Waals surface area contributed by atoms with E-state index in [-0.39, 0.29) is 12.1 Å². The summed E-state index contributed by atoms with van der Waals surface area (Å²) in [4.78, 5) is 24.4. The molecule has 0 spiro atoms. The van der Waals surface area contributed by atoms with Crippen LogP contribution in [0.2, 0.25) is 0 Å². The van der Waals surface area contributed by atoms with Crippen molar-refractivity contribution < 1.29 is 14.7 Å². The molecule has 1 aliphatic carbocycles. The SMILES string of the molecule is CCC[C@@H](NC(=O)N(C)C(C)C1CC1)C(=O)O. The predicted molar refractivity (Wildman–Crippen MR) is 64.8 cm³/mol. The normalized spacial score (nSPS) is 18.3. The lowest BCUT2D eigenvalue weighted by Crippen LogP contribution is -2.49. The molecule has 1 fully saturated rings. The van der Waals surface area contributed by atoms with Crippen molar-refractivity contribution in [1.29, 1.82) is 0 Å². The van der Waals surface area contributed by atoms with Crippen LogP contribution in [-0.4, -0.2) is 41.1 Å². The average Bonchev–Trinajstić information content (AvgIpc) is 3.09. The van der Waals surface area contributed by atoms with Crippen LogP contribution in [0.5, 0.6) is 0 Å². The van der Waals surface area contributed by atoms with E-state index in [4.69, 9.17) is 5.11 Å². The number of carboxylic acids is 1. The number of nitrogens with zero attached hydrogens (tertiary/aromatic N) is 1. The number of carbonyl (C=O) groups is 2. The van der Waals surface area contributed by atoms with Crippen molar-refractivity contribution in [3.63, 3.8) is 0 Å². The van der Waals surface area contributed by atoms with Gasteiger partial charge in [-0.05, 0) is 32.1 Å². The lowest BCUT2D eigenvalue weighted by Gasteiger charge is -2.26. The highest BCUT2D eigenvalue weighted by molar-refractivity contribution is 5.82. The molecule has 0 heterocycles. The lowest BCUT2D eigenvalue weighted by atomic mass is 10.1.